The Balaban J connectivity index is 1.10. The predicted octanol–water partition coefficient (Wildman–Crippen LogP) is 14.5. The van der Waals surface area contributed by atoms with Crippen LogP contribution in [0.4, 0.5) is 0 Å². The maximum Gasteiger partial charge on any atom is 0.164 e. The first kappa shape index (κ1) is 34.2. The summed E-state index contributed by atoms with van der Waals surface area (Å²) in [5.74, 6) is 1.84. The van der Waals surface area contributed by atoms with Crippen LogP contribution in [-0.4, -0.2) is 15.0 Å². The molecule has 1 unspecified atom stereocenters. The lowest BCUT2D eigenvalue weighted by Crippen LogP contribution is -2.26. The number of aromatic nitrogens is 3. The molecule has 13 rings (SSSR count). The van der Waals surface area contributed by atoms with Gasteiger partial charge in [-0.05, 0) is 68.3 Å². The third kappa shape index (κ3) is 4.90. The van der Waals surface area contributed by atoms with Crippen LogP contribution in [0.25, 0.3) is 99.2 Å². The van der Waals surface area contributed by atoms with Crippen molar-refractivity contribution in [2.45, 2.75) is 5.41 Å². The summed E-state index contributed by atoms with van der Waals surface area (Å²) in [6.45, 7) is 0. The molecule has 3 aromatic heterocycles. The molecule has 0 N–H and O–H groups in total. The van der Waals surface area contributed by atoms with Gasteiger partial charge in [0.25, 0.3) is 0 Å². The number of nitrogens with zero attached hydrogens (tertiary/aromatic N) is 3. The van der Waals surface area contributed by atoms with E-state index in [1.54, 1.807) is 0 Å². The molecule has 0 radical (unpaired) electrons. The highest BCUT2D eigenvalue weighted by molar-refractivity contribution is 7.19. The predicted molar refractivity (Wildman–Crippen MR) is 248 cm³/mol. The van der Waals surface area contributed by atoms with Crippen LogP contribution in [0.1, 0.15) is 22.3 Å². The lowest BCUT2D eigenvalue weighted by Gasteiger charge is -2.31. The smallest absolute Gasteiger partial charge is 0.164 e. The first-order valence-corrected chi connectivity index (χ1v) is 21.4. The van der Waals surface area contributed by atoms with Crippen LogP contribution in [0.3, 0.4) is 0 Å². The summed E-state index contributed by atoms with van der Waals surface area (Å²) < 4.78 is 6.36. The molecule has 8 aromatic carbocycles. The standard InChI is InChI=1S/C56H33N3OS/c1-4-17-34(18-5-1)51-49-41-25-11-14-28-44(41)56(50(49)52(61-51)35-19-6-2-7-20-35)43-27-13-10-24-40(43)48-42(26-16-29-45(48)56)55-58-53(36-21-8-3-9-22-36)57-54(59-55)37-31-32-39-38-23-12-15-30-46(38)60-47(39)33-37/h1-33H. The molecule has 1 spiro atoms. The van der Waals surface area contributed by atoms with Crippen molar-refractivity contribution in [2.24, 2.45) is 0 Å². The number of fused-ring (bicyclic) bond motifs is 13. The number of hydrogen-bond acceptors (Lipinski definition) is 5. The van der Waals surface area contributed by atoms with E-state index in [2.05, 4.69) is 164 Å². The number of thiophene rings is 1. The highest BCUT2D eigenvalue weighted by atomic mass is 32.1. The van der Waals surface area contributed by atoms with Crippen molar-refractivity contribution in [3.05, 3.63) is 222 Å². The summed E-state index contributed by atoms with van der Waals surface area (Å²) in [4.78, 5) is 18.4. The first-order chi connectivity index (χ1) is 30.3. The van der Waals surface area contributed by atoms with Crippen molar-refractivity contribution < 1.29 is 4.42 Å². The van der Waals surface area contributed by atoms with Gasteiger partial charge in [-0.2, -0.15) is 0 Å². The molecule has 0 amide bonds. The van der Waals surface area contributed by atoms with Gasteiger partial charge in [0, 0.05) is 42.8 Å². The zero-order chi connectivity index (χ0) is 40.1. The molecule has 0 saturated heterocycles. The minimum absolute atomic E-state index is 0.590. The van der Waals surface area contributed by atoms with Gasteiger partial charge in [0.2, 0.25) is 0 Å². The van der Waals surface area contributed by atoms with Crippen LogP contribution in [0.5, 0.6) is 0 Å². The van der Waals surface area contributed by atoms with Gasteiger partial charge in [0.15, 0.2) is 17.5 Å². The van der Waals surface area contributed by atoms with Gasteiger partial charge in [-0.1, -0.05) is 182 Å². The molecular formula is C56H33N3OS. The topological polar surface area (TPSA) is 51.8 Å². The van der Waals surface area contributed by atoms with Gasteiger partial charge in [0.1, 0.15) is 11.2 Å². The molecular weight excluding hydrogens is 763 g/mol. The number of para-hydroxylation sites is 1. The van der Waals surface area contributed by atoms with Crippen molar-refractivity contribution in [1.29, 1.82) is 0 Å². The fourth-order valence-electron chi connectivity index (χ4n) is 10.1. The van der Waals surface area contributed by atoms with Gasteiger partial charge >= 0.3 is 0 Å². The first-order valence-electron chi connectivity index (χ1n) is 20.6. The molecule has 0 aliphatic heterocycles. The highest BCUT2D eigenvalue weighted by Crippen LogP contribution is 2.68. The lowest BCUT2D eigenvalue weighted by atomic mass is 9.70. The Hall–Kier alpha value is -7.73. The monoisotopic (exact) mass is 795 g/mol. The normalized spacial score (nSPS) is 14.6. The maximum absolute atomic E-state index is 6.36. The minimum atomic E-state index is -0.590. The average molecular weight is 796 g/mol. The van der Waals surface area contributed by atoms with Crippen LogP contribution < -0.4 is 0 Å². The zero-order valence-corrected chi connectivity index (χ0v) is 33.5. The molecule has 0 bridgehead atoms. The molecule has 0 fully saturated rings. The van der Waals surface area contributed by atoms with Gasteiger partial charge in [-0.3, -0.25) is 0 Å². The van der Waals surface area contributed by atoms with Gasteiger partial charge in [-0.25, -0.2) is 15.0 Å². The van der Waals surface area contributed by atoms with E-state index in [4.69, 9.17) is 19.4 Å². The number of hydrogen-bond donors (Lipinski definition) is 0. The van der Waals surface area contributed by atoms with E-state index in [0.717, 1.165) is 44.2 Å². The molecule has 3 heterocycles. The van der Waals surface area contributed by atoms with Crippen molar-refractivity contribution in [1.82, 2.24) is 15.0 Å². The van der Waals surface area contributed by atoms with E-state index in [0.29, 0.717) is 17.5 Å². The molecule has 5 heteroatoms. The summed E-state index contributed by atoms with van der Waals surface area (Å²) in [6, 6.07) is 71.3. The summed E-state index contributed by atoms with van der Waals surface area (Å²) in [5.41, 5.74) is 16.3. The molecule has 2 aliphatic rings. The highest BCUT2D eigenvalue weighted by Gasteiger charge is 2.55. The quantitative estimate of drug-likeness (QED) is 0.174. The van der Waals surface area contributed by atoms with Crippen molar-refractivity contribution in [3.63, 3.8) is 0 Å². The summed E-state index contributed by atoms with van der Waals surface area (Å²) in [6.07, 6.45) is 0. The third-order valence-corrected chi connectivity index (χ3v) is 13.9. The van der Waals surface area contributed by atoms with Gasteiger partial charge < -0.3 is 4.42 Å². The van der Waals surface area contributed by atoms with Crippen LogP contribution in [0, 0.1) is 0 Å². The second-order valence-corrected chi connectivity index (χ2v) is 16.8. The van der Waals surface area contributed by atoms with Crippen LogP contribution in [0.15, 0.2) is 205 Å². The summed E-state index contributed by atoms with van der Waals surface area (Å²) >= 11 is 1.90. The van der Waals surface area contributed by atoms with E-state index >= 15 is 0 Å². The Morgan fingerprint density at radius 2 is 0.885 bits per heavy atom. The molecule has 0 saturated carbocycles. The van der Waals surface area contributed by atoms with Crippen molar-refractivity contribution in [3.8, 4) is 77.3 Å². The van der Waals surface area contributed by atoms with E-state index in [9.17, 15) is 0 Å². The van der Waals surface area contributed by atoms with Gasteiger partial charge in [-0.15, -0.1) is 11.3 Å². The summed E-state index contributed by atoms with van der Waals surface area (Å²) in [7, 11) is 0. The number of rotatable bonds is 5. The Morgan fingerprint density at radius 3 is 1.61 bits per heavy atom. The van der Waals surface area contributed by atoms with Crippen molar-refractivity contribution >= 4 is 33.3 Å². The second-order valence-electron chi connectivity index (χ2n) is 15.8. The maximum atomic E-state index is 6.36. The third-order valence-electron chi connectivity index (χ3n) is 12.6. The molecule has 2 aliphatic carbocycles. The minimum Gasteiger partial charge on any atom is -0.456 e. The average Bonchev–Trinajstić information content (AvgIpc) is 4.08. The Morgan fingerprint density at radius 1 is 0.361 bits per heavy atom. The Labute approximate surface area is 356 Å². The number of benzene rings is 8. The fraction of sp³-hybridized carbons (Fsp3) is 0.0179. The molecule has 284 valence electrons. The number of furan rings is 1. The van der Waals surface area contributed by atoms with Crippen LogP contribution >= 0.6 is 11.3 Å². The van der Waals surface area contributed by atoms with Crippen LogP contribution in [0.2, 0.25) is 0 Å². The lowest BCUT2D eigenvalue weighted by molar-refractivity contribution is 0.669. The molecule has 1 atom stereocenters. The van der Waals surface area contributed by atoms with Gasteiger partial charge in [0.05, 0.1) is 5.41 Å². The van der Waals surface area contributed by atoms with E-state index in [1.165, 1.54) is 59.8 Å². The summed E-state index contributed by atoms with van der Waals surface area (Å²) in [5, 5.41) is 2.15. The van der Waals surface area contributed by atoms with Crippen molar-refractivity contribution in [2.75, 3.05) is 0 Å². The van der Waals surface area contributed by atoms with E-state index in [-0.39, 0.29) is 0 Å². The Kier molecular flexibility index (Phi) is 7.36. The molecule has 4 nitrogen and oxygen atoms in total. The zero-order valence-electron chi connectivity index (χ0n) is 32.7. The molecule has 61 heavy (non-hydrogen) atoms. The van der Waals surface area contributed by atoms with E-state index < -0.39 is 5.41 Å². The molecule has 11 aromatic rings. The Bertz CT molecular complexity index is 3540. The fourth-order valence-corrected chi connectivity index (χ4v) is 11.5. The van der Waals surface area contributed by atoms with E-state index in [1.807, 2.05) is 47.7 Å². The van der Waals surface area contributed by atoms with Crippen LogP contribution in [-0.2, 0) is 5.41 Å². The largest absolute Gasteiger partial charge is 0.456 e. The SMILES string of the molecule is c1ccc(-c2nc(-c3ccc4c(c3)oc3ccccc34)nc(-c3cccc4c3-c3ccccc3C43c4ccccc4-c4c(-c5ccccc5)sc(-c5ccccc5)c43)n2)cc1. The second kappa shape index (κ2) is 13.1.